The van der Waals surface area contributed by atoms with Gasteiger partial charge in [0.05, 0.1) is 6.10 Å². The summed E-state index contributed by atoms with van der Waals surface area (Å²) in [5.74, 6) is 0.468. The molecule has 1 aromatic rings. The SMILES string of the molecule is CNCC1(Cc2ccc(Cl)cc2F)CCOC1C1CC1. The highest BCUT2D eigenvalue weighted by Gasteiger charge is 2.50. The summed E-state index contributed by atoms with van der Waals surface area (Å²) >= 11 is 5.84. The Morgan fingerprint density at radius 1 is 1.45 bits per heavy atom. The van der Waals surface area contributed by atoms with Crippen LogP contribution >= 0.6 is 11.6 Å². The minimum Gasteiger partial charge on any atom is -0.377 e. The smallest absolute Gasteiger partial charge is 0.127 e. The fraction of sp³-hybridized carbons (Fsp3) is 0.625. The molecule has 1 aliphatic carbocycles. The Labute approximate surface area is 124 Å². The molecule has 1 aromatic carbocycles. The van der Waals surface area contributed by atoms with Gasteiger partial charge in [0, 0.05) is 23.6 Å². The molecule has 1 saturated carbocycles. The molecule has 1 aliphatic heterocycles. The summed E-state index contributed by atoms with van der Waals surface area (Å²) in [4.78, 5) is 0. The number of hydrogen-bond donors (Lipinski definition) is 1. The fourth-order valence-electron chi connectivity index (χ4n) is 3.58. The number of ether oxygens (including phenoxy) is 1. The fourth-order valence-corrected chi connectivity index (χ4v) is 3.74. The molecule has 0 radical (unpaired) electrons. The number of rotatable bonds is 5. The van der Waals surface area contributed by atoms with Crippen molar-refractivity contribution in [3.8, 4) is 0 Å². The molecule has 1 N–H and O–H groups in total. The molecule has 2 nitrogen and oxygen atoms in total. The van der Waals surface area contributed by atoms with Gasteiger partial charge in [0.25, 0.3) is 0 Å². The van der Waals surface area contributed by atoms with Crippen molar-refractivity contribution in [1.29, 1.82) is 0 Å². The monoisotopic (exact) mass is 297 g/mol. The predicted octanol–water partition coefficient (Wildman–Crippen LogP) is 3.43. The molecule has 2 fully saturated rings. The van der Waals surface area contributed by atoms with E-state index in [1.165, 1.54) is 18.9 Å². The molecule has 20 heavy (non-hydrogen) atoms. The number of hydrogen-bond acceptors (Lipinski definition) is 2. The maximum atomic E-state index is 14.1. The van der Waals surface area contributed by atoms with Crippen molar-refractivity contribution in [2.75, 3.05) is 20.2 Å². The first kappa shape index (κ1) is 14.3. The lowest BCUT2D eigenvalue weighted by Crippen LogP contribution is -2.42. The Balaban J connectivity index is 1.86. The average Bonchev–Trinajstić information content (AvgIpc) is 3.16. The van der Waals surface area contributed by atoms with Crippen LogP contribution in [0.25, 0.3) is 0 Å². The van der Waals surface area contributed by atoms with Gasteiger partial charge in [-0.1, -0.05) is 17.7 Å². The van der Waals surface area contributed by atoms with Crippen LogP contribution in [0.3, 0.4) is 0 Å². The highest BCUT2D eigenvalue weighted by molar-refractivity contribution is 6.30. The van der Waals surface area contributed by atoms with Crippen LogP contribution in [0.5, 0.6) is 0 Å². The summed E-state index contributed by atoms with van der Waals surface area (Å²) in [7, 11) is 1.96. The van der Waals surface area contributed by atoms with Crippen molar-refractivity contribution in [3.05, 3.63) is 34.6 Å². The Morgan fingerprint density at radius 3 is 2.90 bits per heavy atom. The van der Waals surface area contributed by atoms with Crippen molar-refractivity contribution in [3.63, 3.8) is 0 Å². The minimum absolute atomic E-state index is 0.0184. The van der Waals surface area contributed by atoms with Gasteiger partial charge < -0.3 is 10.1 Å². The normalized spacial score (nSPS) is 29.9. The topological polar surface area (TPSA) is 21.3 Å². The molecule has 0 spiro atoms. The van der Waals surface area contributed by atoms with E-state index in [0.29, 0.717) is 10.9 Å². The lowest BCUT2D eigenvalue weighted by molar-refractivity contribution is 0.0311. The van der Waals surface area contributed by atoms with E-state index in [2.05, 4.69) is 5.32 Å². The van der Waals surface area contributed by atoms with Crippen LogP contribution in [0.15, 0.2) is 18.2 Å². The van der Waals surface area contributed by atoms with Crippen LogP contribution < -0.4 is 5.32 Å². The standard InChI is InChI=1S/C16H21ClFNO/c1-19-10-16(6-7-20-15(16)11-2-3-11)9-12-4-5-13(17)8-14(12)18/h4-5,8,11,15,19H,2-3,6-7,9-10H2,1H3. The zero-order valence-corrected chi connectivity index (χ0v) is 12.5. The van der Waals surface area contributed by atoms with Crippen LogP contribution in [-0.4, -0.2) is 26.3 Å². The van der Waals surface area contributed by atoms with E-state index in [4.69, 9.17) is 16.3 Å². The lowest BCUT2D eigenvalue weighted by atomic mass is 9.74. The molecule has 0 aromatic heterocycles. The van der Waals surface area contributed by atoms with Gasteiger partial charge in [0.2, 0.25) is 0 Å². The van der Waals surface area contributed by atoms with Gasteiger partial charge >= 0.3 is 0 Å². The average molecular weight is 298 g/mol. The van der Waals surface area contributed by atoms with Crippen molar-refractivity contribution >= 4 is 11.6 Å². The van der Waals surface area contributed by atoms with E-state index in [-0.39, 0.29) is 17.3 Å². The van der Waals surface area contributed by atoms with Gasteiger partial charge in [0.1, 0.15) is 5.82 Å². The molecule has 4 heteroatoms. The zero-order valence-electron chi connectivity index (χ0n) is 11.8. The maximum absolute atomic E-state index is 14.1. The van der Waals surface area contributed by atoms with Crippen LogP contribution in [0, 0.1) is 17.2 Å². The van der Waals surface area contributed by atoms with Crippen LogP contribution in [-0.2, 0) is 11.2 Å². The summed E-state index contributed by atoms with van der Waals surface area (Å²) in [5.41, 5.74) is 0.769. The molecule has 0 amide bonds. The first-order valence-electron chi connectivity index (χ1n) is 7.35. The predicted molar refractivity (Wildman–Crippen MR) is 78.6 cm³/mol. The molecule has 2 atom stereocenters. The van der Waals surface area contributed by atoms with Crippen molar-refractivity contribution in [2.24, 2.45) is 11.3 Å². The molecular formula is C16H21ClFNO. The number of benzene rings is 1. The van der Waals surface area contributed by atoms with Gasteiger partial charge in [-0.05, 0) is 56.3 Å². The summed E-state index contributed by atoms with van der Waals surface area (Å²) in [5, 5.41) is 3.74. The maximum Gasteiger partial charge on any atom is 0.127 e. The zero-order chi connectivity index (χ0) is 14.2. The summed E-state index contributed by atoms with van der Waals surface area (Å²) in [6, 6.07) is 5.00. The first-order valence-corrected chi connectivity index (χ1v) is 7.72. The molecule has 110 valence electrons. The van der Waals surface area contributed by atoms with E-state index in [0.717, 1.165) is 31.6 Å². The molecule has 0 bridgehead atoms. The first-order chi connectivity index (χ1) is 9.64. The number of halogens is 2. The second kappa shape index (κ2) is 5.63. The number of nitrogens with one attached hydrogen (secondary N) is 1. The second-order valence-corrected chi connectivity index (χ2v) is 6.62. The van der Waals surface area contributed by atoms with Crippen LogP contribution in [0.2, 0.25) is 5.02 Å². The summed E-state index contributed by atoms with van der Waals surface area (Å²) < 4.78 is 20.1. The van der Waals surface area contributed by atoms with Gasteiger partial charge in [-0.25, -0.2) is 4.39 Å². The highest BCUT2D eigenvalue weighted by Crippen LogP contribution is 2.49. The van der Waals surface area contributed by atoms with Gasteiger partial charge in [0.15, 0.2) is 0 Å². The van der Waals surface area contributed by atoms with E-state index in [1.54, 1.807) is 6.07 Å². The van der Waals surface area contributed by atoms with E-state index in [1.807, 2.05) is 13.1 Å². The largest absolute Gasteiger partial charge is 0.377 e. The lowest BCUT2D eigenvalue weighted by Gasteiger charge is -2.34. The Kier molecular flexibility index (Phi) is 4.02. The van der Waals surface area contributed by atoms with E-state index >= 15 is 0 Å². The quantitative estimate of drug-likeness (QED) is 0.899. The molecule has 1 heterocycles. The summed E-state index contributed by atoms with van der Waals surface area (Å²) in [6.07, 6.45) is 4.48. The van der Waals surface area contributed by atoms with E-state index in [9.17, 15) is 4.39 Å². The summed E-state index contributed by atoms with van der Waals surface area (Å²) in [6.45, 7) is 1.66. The third-order valence-electron chi connectivity index (χ3n) is 4.64. The van der Waals surface area contributed by atoms with Crippen LogP contribution in [0.4, 0.5) is 4.39 Å². The van der Waals surface area contributed by atoms with Crippen molar-refractivity contribution in [2.45, 2.75) is 31.8 Å². The van der Waals surface area contributed by atoms with Crippen molar-refractivity contribution in [1.82, 2.24) is 5.32 Å². The third kappa shape index (κ3) is 2.72. The van der Waals surface area contributed by atoms with E-state index < -0.39 is 0 Å². The second-order valence-electron chi connectivity index (χ2n) is 6.18. The van der Waals surface area contributed by atoms with Gasteiger partial charge in [-0.2, -0.15) is 0 Å². The van der Waals surface area contributed by atoms with Crippen LogP contribution in [0.1, 0.15) is 24.8 Å². The highest BCUT2D eigenvalue weighted by atomic mass is 35.5. The minimum atomic E-state index is -0.200. The molecule has 1 saturated heterocycles. The Bertz CT molecular complexity index is 491. The third-order valence-corrected chi connectivity index (χ3v) is 4.87. The molecular weight excluding hydrogens is 277 g/mol. The molecule has 2 aliphatic rings. The Hall–Kier alpha value is -0.640. The molecule has 2 unspecified atom stereocenters. The van der Waals surface area contributed by atoms with Gasteiger partial charge in [-0.3, -0.25) is 0 Å². The van der Waals surface area contributed by atoms with Gasteiger partial charge in [-0.15, -0.1) is 0 Å². The Morgan fingerprint density at radius 2 is 2.25 bits per heavy atom. The molecule has 3 rings (SSSR count). The van der Waals surface area contributed by atoms with Crippen molar-refractivity contribution < 1.29 is 9.13 Å².